The Kier molecular flexibility index (Phi) is 8.53. The maximum atomic E-state index is 12.8. The smallest absolute Gasteiger partial charge is 0.344 e. The molecule has 0 aliphatic rings. The van der Waals surface area contributed by atoms with Crippen LogP contribution in [0.25, 0.3) is 6.08 Å². The maximum Gasteiger partial charge on any atom is 0.344 e. The Morgan fingerprint density at radius 2 is 1.80 bits per heavy atom. The van der Waals surface area contributed by atoms with Crippen LogP contribution in [0.2, 0.25) is 0 Å². The molecule has 3 aromatic rings. The van der Waals surface area contributed by atoms with Gasteiger partial charge in [0.1, 0.15) is 23.2 Å². The Bertz CT molecular complexity index is 1280. The highest BCUT2D eigenvalue weighted by atomic mass is 79.9. The number of amides is 1. The van der Waals surface area contributed by atoms with E-state index in [1.54, 1.807) is 36.4 Å². The quantitative estimate of drug-likeness (QED) is 0.182. The van der Waals surface area contributed by atoms with Crippen molar-refractivity contribution in [2.45, 2.75) is 6.54 Å². The molecule has 3 rings (SSSR count). The van der Waals surface area contributed by atoms with Crippen LogP contribution >= 0.6 is 15.9 Å². The number of furan rings is 1. The van der Waals surface area contributed by atoms with E-state index in [-0.39, 0.29) is 29.2 Å². The molecule has 2 aromatic carbocycles. The third kappa shape index (κ3) is 6.02. The molecule has 0 saturated carbocycles. The summed E-state index contributed by atoms with van der Waals surface area (Å²) < 4.78 is 26.9. The zero-order chi connectivity index (χ0) is 25.4. The van der Waals surface area contributed by atoms with Crippen molar-refractivity contribution >= 4 is 33.9 Å². The predicted molar refractivity (Wildman–Crippen MR) is 129 cm³/mol. The van der Waals surface area contributed by atoms with E-state index in [1.807, 2.05) is 6.07 Å². The molecule has 0 bridgehead atoms. The lowest BCUT2D eigenvalue weighted by atomic mass is 10.1. The molecule has 180 valence electrons. The summed E-state index contributed by atoms with van der Waals surface area (Å²) in [6, 6.07) is 13.1. The summed E-state index contributed by atoms with van der Waals surface area (Å²) in [5.41, 5.74) is 0.662. The Morgan fingerprint density at radius 3 is 2.37 bits per heavy atom. The van der Waals surface area contributed by atoms with Crippen LogP contribution in [0.3, 0.4) is 0 Å². The van der Waals surface area contributed by atoms with Gasteiger partial charge in [-0.3, -0.25) is 4.79 Å². The van der Waals surface area contributed by atoms with E-state index in [0.29, 0.717) is 27.3 Å². The molecule has 0 unspecified atom stereocenters. The highest BCUT2D eigenvalue weighted by Crippen LogP contribution is 2.44. The molecule has 1 aromatic heterocycles. The second-order valence-corrected chi connectivity index (χ2v) is 7.69. The van der Waals surface area contributed by atoms with E-state index < -0.39 is 11.9 Å². The van der Waals surface area contributed by atoms with Crippen LogP contribution in [0.1, 0.15) is 21.7 Å². The number of hydrogen-bond donors (Lipinski definition) is 1. The van der Waals surface area contributed by atoms with Crippen LogP contribution in [0, 0.1) is 11.3 Å². The molecule has 0 fully saturated rings. The molecule has 0 saturated heterocycles. The van der Waals surface area contributed by atoms with Gasteiger partial charge in [0.15, 0.2) is 11.5 Å². The fourth-order valence-corrected chi connectivity index (χ4v) is 3.67. The third-order valence-electron chi connectivity index (χ3n) is 4.76. The van der Waals surface area contributed by atoms with Gasteiger partial charge in [-0.15, -0.1) is 0 Å². The van der Waals surface area contributed by atoms with Crippen LogP contribution in [0.5, 0.6) is 23.0 Å². The minimum Gasteiger partial charge on any atom is -0.493 e. The summed E-state index contributed by atoms with van der Waals surface area (Å²) >= 11 is 3.35. The Balaban J connectivity index is 1.74. The monoisotopic (exact) mass is 540 g/mol. The van der Waals surface area contributed by atoms with Crippen molar-refractivity contribution in [3.63, 3.8) is 0 Å². The van der Waals surface area contributed by atoms with E-state index in [2.05, 4.69) is 21.2 Å². The Hall–Kier alpha value is -4.23. The number of ether oxygens (including phenoxy) is 4. The number of carbonyl (C=O) groups excluding carboxylic acids is 2. The van der Waals surface area contributed by atoms with E-state index in [0.717, 1.165) is 0 Å². The summed E-state index contributed by atoms with van der Waals surface area (Å²) in [5, 5.41) is 12.0. The molecule has 1 N–H and O–H groups in total. The molecule has 0 aliphatic carbocycles. The number of esters is 1. The normalized spacial score (nSPS) is 10.8. The minimum absolute atomic E-state index is 0.0809. The highest BCUT2D eigenvalue weighted by Gasteiger charge is 2.24. The second kappa shape index (κ2) is 11.8. The Morgan fingerprint density at radius 1 is 1.09 bits per heavy atom. The second-order valence-electron chi connectivity index (χ2n) is 6.90. The van der Waals surface area contributed by atoms with Crippen molar-refractivity contribution in [1.82, 2.24) is 5.32 Å². The average molecular weight is 541 g/mol. The van der Waals surface area contributed by atoms with Gasteiger partial charge < -0.3 is 28.7 Å². The summed E-state index contributed by atoms with van der Waals surface area (Å²) in [6.07, 6.45) is 2.93. The number of hydrogen-bond acceptors (Lipinski definition) is 8. The number of halogens is 1. The van der Waals surface area contributed by atoms with Gasteiger partial charge in [-0.25, -0.2) is 4.79 Å². The fourth-order valence-electron chi connectivity index (χ4n) is 3.05. The summed E-state index contributed by atoms with van der Waals surface area (Å²) in [6.45, 7) is 0.163. The van der Waals surface area contributed by atoms with Crippen molar-refractivity contribution in [2.75, 3.05) is 21.3 Å². The van der Waals surface area contributed by atoms with Gasteiger partial charge in [0.2, 0.25) is 5.75 Å². The van der Waals surface area contributed by atoms with Crippen LogP contribution in [0.4, 0.5) is 0 Å². The molecule has 1 heterocycles. The fraction of sp³-hybridized carbons (Fsp3) is 0.160. The first kappa shape index (κ1) is 25.4. The number of nitriles is 1. The number of benzene rings is 2. The number of carbonyl (C=O) groups is 2. The third-order valence-corrected chi connectivity index (χ3v) is 5.55. The molecule has 0 aliphatic heterocycles. The maximum absolute atomic E-state index is 12.8. The largest absolute Gasteiger partial charge is 0.493 e. The van der Waals surface area contributed by atoms with Gasteiger partial charge in [0, 0.05) is 0 Å². The number of nitrogens with one attached hydrogen (secondary N) is 1. The first-order valence-electron chi connectivity index (χ1n) is 10.1. The van der Waals surface area contributed by atoms with E-state index in [1.165, 1.54) is 39.7 Å². The topological polar surface area (TPSA) is 120 Å². The summed E-state index contributed by atoms with van der Waals surface area (Å²) in [4.78, 5) is 25.1. The van der Waals surface area contributed by atoms with Crippen molar-refractivity contribution in [2.24, 2.45) is 0 Å². The standard InChI is InChI=1S/C25H21BrN2O7/c1-31-20-12-19(21(26)23(33-3)22(20)32-2)25(30)35-17-8-6-15(7-9-17)11-16(13-27)24(29)28-14-18-5-4-10-34-18/h4-12H,14H2,1-3H3,(H,28,29)/b16-11+. The van der Waals surface area contributed by atoms with E-state index in [4.69, 9.17) is 23.4 Å². The van der Waals surface area contributed by atoms with Gasteiger partial charge in [0.25, 0.3) is 5.91 Å². The summed E-state index contributed by atoms with van der Waals surface area (Å²) in [7, 11) is 4.34. The SMILES string of the molecule is COc1cc(C(=O)Oc2ccc(/C=C(\C#N)C(=O)NCc3ccco3)cc2)c(Br)c(OC)c1OC. The van der Waals surface area contributed by atoms with E-state index in [9.17, 15) is 14.9 Å². The molecule has 10 heteroatoms. The molecular formula is C25H21BrN2O7. The Labute approximate surface area is 210 Å². The van der Waals surface area contributed by atoms with Crippen LogP contribution in [-0.2, 0) is 11.3 Å². The predicted octanol–water partition coefficient (Wildman–Crippen LogP) is 4.51. The van der Waals surface area contributed by atoms with Crippen molar-refractivity contribution in [1.29, 1.82) is 5.26 Å². The lowest BCUT2D eigenvalue weighted by Crippen LogP contribution is -2.23. The van der Waals surface area contributed by atoms with Crippen LogP contribution in [0.15, 0.2) is 63.2 Å². The highest BCUT2D eigenvalue weighted by molar-refractivity contribution is 9.10. The molecular weight excluding hydrogens is 520 g/mol. The van der Waals surface area contributed by atoms with Crippen molar-refractivity contribution in [3.8, 4) is 29.1 Å². The average Bonchev–Trinajstić information content (AvgIpc) is 3.40. The molecule has 9 nitrogen and oxygen atoms in total. The van der Waals surface area contributed by atoms with E-state index >= 15 is 0 Å². The van der Waals surface area contributed by atoms with Gasteiger partial charge in [-0.1, -0.05) is 12.1 Å². The minimum atomic E-state index is -0.658. The molecule has 0 radical (unpaired) electrons. The van der Waals surface area contributed by atoms with Gasteiger partial charge in [-0.05, 0) is 57.9 Å². The van der Waals surface area contributed by atoms with Gasteiger partial charge in [0.05, 0.1) is 44.2 Å². The number of methoxy groups -OCH3 is 3. The van der Waals surface area contributed by atoms with Gasteiger partial charge in [-0.2, -0.15) is 5.26 Å². The lowest BCUT2D eigenvalue weighted by Gasteiger charge is -2.16. The zero-order valence-corrected chi connectivity index (χ0v) is 20.7. The first-order valence-corrected chi connectivity index (χ1v) is 10.9. The molecule has 0 spiro atoms. The lowest BCUT2D eigenvalue weighted by molar-refractivity contribution is -0.117. The number of nitrogens with zero attached hydrogens (tertiary/aromatic N) is 1. The zero-order valence-electron chi connectivity index (χ0n) is 19.1. The van der Waals surface area contributed by atoms with Crippen LogP contribution < -0.4 is 24.3 Å². The molecule has 0 atom stereocenters. The molecule has 1 amide bonds. The summed E-state index contributed by atoms with van der Waals surface area (Å²) in [5.74, 6) is 0.550. The van der Waals surface area contributed by atoms with Crippen molar-refractivity contribution in [3.05, 3.63) is 75.7 Å². The number of rotatable bonds is 9. The molecule has 35 heavy (non-hydrogen) atoms. The van der Waals surface area contributed by atoms with Crippen LogP contribution in [-0.4, -0.2) is 33.2 Å². The van der Waals surface area contributed by atoms with Crippen molar-refractivity contribution < 1.29 is 33.0 Å². The first-order chi connectivity index (χ1) is 16.9. The van der Waals surface area contributed by atoms with Gasteiger partial charge >= 0.3 is 5.97 Å².